The van der Waals surface area contributed by atoms with E-state index in [1.165, 1.54) is 24.0 Å². The van der Waals surface area contributed by atoms with Crippen LogP contribution >= 0.6 is 0 Å². The van der Waals surface area contributed by atoms with Crippen LogP contribution in [0.25, 0.3) is 0 Å². The molecule has 2 heterocycles. The van der Waals surface area contributed by atoms with Crippen molar-refractivity contribution >= 4 is 0 Å². The maximum atomic E-state index is 5.42. The summed E-state index contributed by atoms with van der Waals surface area (Å²) in [7, 11) is 0. The van der Waals surface area contributed by atoms with Gasteiger partial charge in [0.05, 0.1) is 0 Å². The number of hydrogen-bond donors (Lipinski definition) is 0. The molecular weight excluding hydrogens is 212 g/mol. The molecule has 0 radical (unpaired) electrons. The van der Waals surface area contributed by atoms with E-state index in [2.05, 4.69) is 39.8 Å². The number of fused-ring (bicyclic) bond motifs is 2. The van der Waals surface area contributed by atoms with Crippen molar-refractivity contribution in [3.8, 4) is 0 Å². The summed E-state index contributed by atoms with van der Waals surface area (Å²) in [5.74, 6) is 1.33. The van der Waals surface area contributed by atoms with Crippen molar-refractivity contribution < 1.29 is 9.78 Å². The minimum absolute atomic E-state index is 0.182. The summed E-state index contributed by atoms with van der Waals surface area (Å²) in [4.78, 5) is 10.7. The Kier molecular flexibility index (Phi) is 4.05. The Morgan fingerprint density at radius 2 is 2.24 bits per heavy atom. The molecule has 3 rings (SSSR count). The summed E-state index contributed by atoms with van der Waals surface area (Å²) >= 11 is 0. The van der Waals surface area contributed by atoms with E-state index >= 15 is 0 Å². The summed E-state index contributed by atoms with van der Waals surface area (Å²) in [5.41, 5.74) is 2.76. The summed E-state index contributed by atoms with van der Waals surface area (Å²) in [6, 6.07) is 0. The Hall–Kier alpha value is -0.600. The van der Waals surface area contributed by atoms with Gasteiger partial charge in [-0.1, -0.05) is 24.6 Å². The van der Waals surface area contributed by atoms with E-state index < -0.39 is 0 Å². The fourth-order valence-electron chi connectivity index (χ4n) is 2.81. The maximum Gasteiger partial charge on any atom is 0.115 e. The summed E-state index contributed by atoms with van der Waals surface area (Å²) in [6.07, 6.45) is 8.52. The molecule has 1 aliphatic carbocycles. The smallest absolute Gasteiger partial charge is 0.115 e. The zero-order valence-electron chi connectivity index (χ0n) is 11.4. The molecule has 2 heteroatoms. The molecule has 0 aromatic heterocycles. The summed E-state index contributed by atoms with van der Waals surface area (Å²) in [6.45, 7) is 8.81. The molecule has 0 saturated carbocycles. The lowest BCUT2D eigenvalue weighted by atomic mass is 9.76. The Morgan fingerprint density at radius 3 is 2.76 bits per heavy atom. The zero-order chi connectivity index (χ0) is 12.4. The topological polar surface area (TPSA) is 18.5 Å². The maximum absolute atomic E-state index is 5.42. The SMILES string of the molecule is CC(C)=CCC[C@@H](C)[C@@H]1C[C@H]2OO[C@@H]1C=C2C. The van der Waals surface area contributed by atoms with Gasteiger partial charge in [-0.3, -0.25) is 0 Å². The van der Waals surface area contributed by atoms with E-state index in [0.717, 1.165) is 6.42 Å². The Bertz CT molecular complexity index is 326. The van der Waals surface area contributed by atoms with Gasteiger partial charge < -0.3 is 0 Å². The molecule has 0 N–H and O–H groups in total. The molecule has 0 aromatic rings. The van der Waals surface area contributed by atoms with Crippen LogP contribution in [0.4, 0.5) is 0 Å². The number of hydrogen-bond acceptors (Lipinski definition) is 2. The highest BCUT2D eigenvalue weighted by Crippen LogP contribution is 2.39. The van der Waals surface area contributed by atoms with Crippen molar-refractivity contribution in [1.29, 1.82) is 0 Å². The predicted octanol–water partition coefficient (Wildman–Crippen LogP) is 4.03. The average Bonchev–Trinajstić information content (AvgIpc) is 2.28. The van der Waals surface area contributed by atoms with Crippen LogP contribution in [-0.4, -0.2) is 12.2 Å². The van der Waals surface area contributed by atoms with Gasteiger partial charge >= 0.3 is 0 Å². The van der Waals surface area contributed by atoms with Gasteiger partial charge in [-0.2, -0.15) is 0 Å². The van der Waals surface area contributed by atoms with Gasteiger partial charge in [-0.05, 0) is 57.4 Å². The van der Waals surface area contributed by atoms with Gasteiger partial charge in [0, 0.05) is 0 Å². The first-order valence-corrected chi connectivity index (χ1v) is 6.71. The molecule has 1 fully saturated rings. The average molecular weight is 236 g/mol. The van der Waals surface area contributed by atoms with Crippen molar-refractivity contribution in [3.63, 3.8) is 0 Å². The molecule has 2 nitrogen and oxygen atoms in total. The van der Waals surface area contributed by atoms with E-state index in [1.807, 2.05) is 0 Å². The highest BCUT2D eigenvalue weighted by atomic mass is 17.2. The number of rotatable bonds is 4. The van der Waals surface area contributed by atoms with Gasteiger partial charge in [-0.25, -0.2) is 9.78 Å². The molecular formula is C15H24O2. The number of allylic oxidation sites excluding steroid dienone is 2. The highest BCUT2D eigenvalue weighted by Gasteiger charge is 2.39. The molecule has 2 aliphatic heterocycles. The van der Waals surface area contributed by atoms with E-state index in [9.17, 15) is 0 Å². The van der Waals surface area contributed by atoms with Crippen molar-refractivity contribution in [1.82, 2.24) is 0 Å². The third kappa shape index (κ3) is 2.99. The van der Waals surface area contributed by atoms with Gasteiger partial charge in [0.1, 0.15) is 12.2 Å². The Labute approximate surface area is 105 Å². The molecule has 0 unspecified atom stereocenters. The second-order valence-corrected chi connectivity index (χ2v) is 5.79. The third-order valence-corrected chi connectivity index (χ3v) is 4.03. The van der Waals surface area contributed by atoms with Gasteiger partial charge in [0.2, 0.25) is 0 Å². The fourth-order valence-corrected chi connectivity index (χ4v) is 2.81. The van der Waals surface area contributed by atoms with Crippen LogP contribution in [0, 0.1) is 11.8 Å². The Balaban J connectivity index is 1.89. The van der Waals surface area contributed by atoms with Gasteiger partial charge in [0.15, 0.2) is 0 Å². The molecule has 0 spiro atoms. The van der Waals surface area contributed by atoms with Crippen LogP contribution in [0.1, 0.15) is 47.0 Å². The predicted molar refractivity (Wildman–Crippen MR) is 69.4 cm³/mol. The van der Waals surface area contributed by atoms with Crippen molar-refractivity contribution in [2.24, 2.45) is 11.8 Å². The molecule has 3 aliphatic rings. The first kappa shape index (κ1) is 12.8. The zero-order valence-corrected chi connectivity index (χ0v) is 11.4. The molecule has 1 saturated heterocycles. The van der Waals surface area contributed by atoms with Crippen molar-refractivity contribution in [2.45, 2.75) is 59.2 Å². The van der Waals surface area contributed by atoms with E-state index in [0.29, 0.717) is 11.8 Å². The van der Waals surface area contributed by atoms with Crippen LogP contribution in [0.2, 0.25) is 0 Å². The normalized spacial score (nSPS) is 33.2. The molecule has 96 valence electrons. The largest absolute Gasteiger partial charge is 0.228 e. The second-order valence-electron chi connectivity index (χ2n) is 5.79. The quantitative estimate of drug-likeness (QED) is 0.542. The van der Waals surface area contributed by atoms with E-state index in [1.54, 1.807) is 0 Å². The standard InChI is InChI=1S/C15H24O2/c1-10(2)6-5-7-11(3)13-9-14-12(4)8-15(13)17-16-14/h6,8,11,13-15H,5,7,9H2,1-4H3/t11-,13+,14-,15-/m1/s1. The molecule has 2 bridgehead atoms. The lowest BCUT2D eigenvalue weighted by Gasteiger charge is -2.41. The van der Waals surface area contributed by atoms with Gasteiger partial charge in [-0.15, -0.1) is 0 Å². The van der Waals surface area contributed by atoms with Crippen LogP contribution in [-0.2, 0) is 9.78 Å². The van der Waals surface area contributed by atoms with E-state index in [-0.39, 0.29) is 12.2 Å². The first-order chi connectivity index (χ1) is 8.08. The fraction of sp³-hybridized carbons (Fsp3) is 0.733. The first-order valence-electron chi connectivity index (χ1n) is 6.71. The van der Waals surface area contributed by atoms with Crippen molar-refractivity contribution in [2.75, 3.05) is 0 Å². The van der Waals surface area contributed by atoms with Crippen LogP contribution in [0.3, 0.4) is 0 Å². The highest BCUT2D eigenvalue weighted by molar-refractivity contribution is 5.16. The second kappa shape index (κ2) is 5.36. The van der Waals surface area contributed by atoms with Crippen molar-refractivity contribution in [3.05, 3.63) is 23.3 Å². The van der Waals surface area contributed by atoms with E-state index in [4.69, 9.17) is 9.78 Å². The van der Waals surface area contributed by atoms with Crippen LogP contribution in [0.15, 0.2) is 23.3 Å². The monoisotopic (exact) mass is 236 g/mol. The minimum Gasteiger partial charge on any atom is -0.228 e. The van der Waals surface area contributed by atoms with Crippen LogP contribution in [0.5, 0.6) is 0 Å². The van der Waals surface area contributed by atoms with Crippen LogP contribution < -0.4 is 0 Å². The Morgan fingerprint density at radius 1 is 1.47 bits per heavy atom. The lowest BCUT2D eigenvalue weighted by molar-refractivity contribution is -0.380. The molecule has 0 aromatic carbocycles. The minimum atomic E-state index is 0.182. The molecule has 17 heavy (non-hydrogen) atoms. The lowest BCUT2D eigenvalue weighted by Crippen LogP contribution is -2.43. The van der Waals surface area contributed by atoms with Gasteiger partial charge in [0.25, 0.3) is 0 Å². The summed E-state index contributed by atoms with van der Waals surface area (Å²) in [5, 5.41) is 0. The molecule has 4 atom stereocenters. The third-order valence-electron chi connectivity index (χ3n) is 4.03. The summed E-state index contributed by atoms with van der Waals surface area (Å²) < 4.78 is 0. The molecule has 0 amide bonds.